The van der Waals surface area contributed by atoms with Crippen molar-refractivity contribution in [1.82, 2.24) is 28.9 Å². The monoisotopic (exact) mass is 400 g/mol. The highest BCUT2D eigenvalue weighted by atomic mass is 16.5. The fourth-order valence-corrected chi connectivity index (χ4v) is 3.91. The fraction of sp³-hybridized carbons (Fsp3) is 0.182. The molecule has 150 valence electrons. The first-order valence-electron chi connectivity index (χ1n) is 9.49. The third-order valence-corrected chi connectivity index (χ3v) is 5.46. The molecule has 0 radical (unpaired) electrons. The summed E-state index contributed by atoms with van der Waals surface area (Å²) in [6.45, 7) is 1.95. The molecule has 0 aliphatic heterocycles. The SMILES string of the molecule is COc1ccc(-c2ccc3ncc4c(c3c2)n(-c2c(C)cnn2C)c(=O)n4C)cn1. The first-order chi connectivity index (χ1) is 14.5. The number of imidazole rings is 1. The number of aryl methyl sites for hydroxylation is 3. The van der Waals surface area contributed by atoms with Crippen LogP contribution in [-0.2, 0) is 14.1 Å². The van der Waals surface area contributed by atoms with Crippen LogP contribution in [0.4, 0.5) is 0 Å². The Hall–Kier alpha value is -3.94. The lowest BCUT2D eigenvalue weighted by Gasteiger charge is -2.09. The van der Waals surface area contributed by atoms with E-state index in [0.717, 1.165) is 44.4 Å². The van der Waals surface area contributed by atoms with Crippen molar-refractivity contribution in [3.8, 4) is 22.8 Å². The summed E-state index contributed by atoms with van der Waals surface area (Å²) in [4.78, 5) is 22.1. The molecule has 4 aromatic heterocycles. The quantitative estimate of drug-likeness (QED) is 0.465. The van der Waals surface area contributed by atoms with E-state index in [1.165, 1.54) is 0 Å². The Morgan fingerprint density at radius 1 is 0.967 bits per heavy atom. The van der Waals surface area contributed by atoms with Crippen molar-refractivity contribution in [2.45, 2.75) is 6.92 Å². The predicted octanol–water partition coefficient (Wildman–Crippen LogP) is 2.99. The van der Waals surface area contributed by atoms with Gasteiger partial charge in [0.1, 0.15) is 5.82 Å². The molecule has 0 N–H and O–H groups in total. The van der Waals surface area contributed by atoms with E-state index in [4.69, 9.17) is 4.74 Å². The van der Waals surface area contributed by atoms with E-state index in [0.29, 0.717) is 5.88 Å². The summed E-state index contributed by atoms with van der Waals surface area (Å²) >= 11 is 0. The molecule has 0 saturated heterocycles. The van der Waals surface area contributed by atoms with Crippen LogP contribution in [0.25, 0.3) is 38.9 Å². The molecule has 0 bridgehead atoms. The van der Waals surface area contributed by atoms with Crippen LogP contribution in [0.5, 0.6) is 5.88 Å². The molecule has 8 heteroatoms. The number of hydrogen-bond donors (Lipinski definition) is 0. The summed E-state index contributed by atoms with van der Waals surface area (Å²) < 4.78 is 10.2. The van der Waals surface area contributed by atoms with Crippen LogP contribution in [0.1, 0.15) is 5.56 Å². The smallest absolute Gasteiger partial charge is 0.334 e. The number of hydrogen-bond acceptors (Lipinski definition) is 5. The Labute approximate surface area is 172 Å². The third kappa shape index (κ3) is 2.53. The van der Waals surface area contributed by atoms with E-state index in [9.17, 15) is 4.79 Å². The second-order valence-electron chi connectivity index (χ2n) is 7.27. The lowest BCUT2D eigenvalue weighted by atomic mass is 10.0. The summed E-state index contributed by atoms with van der Waals surface area (Å²) in [5.41, 5.74) is 5.11. The van der Waals surface area contributed by atoms with Crippen molar-refractivity contribution in [3.63, 3.8) is 0 Å². The number of methoxy groups -OCH3 is 1. The van der Waals surface area contributed by atoms with Crippen LogP contribution >= 0.6 is 0 Å². The van der Waals surface area contributed by atoms with Crippen LogP contribution in [-0.4, -0.2) is 36.0 Å². The molecule has 1 aromatic carbocycles. The Morgan fingerprint density at radius 2 is 1.77 bits per heavy atom. The van der Waals surface area contributed by atoms with Gasteiger partial charge in [0.25, 0.3) is 0 Å². The van der Waals surface area contributed by atoms with Crippen LogP contribution < -0.4 is 10.4 Å². The minimum atomic E-state index is -0.137. The summed E-state index contributed by atoms with van der Waals surface area (Å²) in [5, 5.41) is 5.21. The largest absolute Gasteiger partial charge is 0.481 e. The van der Waals surface area contributed by atoms with Gasteiger partial charge in [0.15, 0.2) is 0 Å². The minimum absolute atomic E-state index is 0.137. The van der Waals surface area contributed by atoms with Crippen molar-refractivity contribution in [3.05, 3.63) is 65.0 Å². The highest BCUT2D eigenvalue weighted by Gasteiger charge is 2.20. The Bertz CT molecular complexity index is 1450. The number of pyridine rings is 2. The molecule has 0 atom stereocenters. The highest BCUT2D eigenvalue weighted by Crippen LogP contribution is 2.30. The van der Waals surface area contributed by atoms with Gasteiger partial charge >= 0.3 is 5.69 Å². The molecule has 8 nitrogen and oxygen atoms in total. The molecule has 0 amide bonds. The van der Waals surface area contributed by atoms with E-state index in [-0.39, 0.29) is 5.69 Å². The fourth-order valence-electron chi connectivity index (χ4n) is 3.91. The van der Waals surface area contributed by atoms with E-state index in [1.54, 1.807) is 46.6 Å². The van der Waals surface area contributed by atoms with Gasteiger partial charge in [-0.05, 0) is 30.7 Å². The average Bonchev–Trinajstić information content (AvgIpc) is 3.23. The standard InChI is InChI=1S/C22H20N6O2/c1-13-10-25-27(3)21(13)28-20-16-9-14(15-6-8-19(30-4)24-11-15)5-7-17(16)23-12-18(20)26(2)22(28)29/h5-12H,1-4H3. The second-order valence-corrected chi connectivity index (χ2v) is 7.27. The van der Waals surface area contributed by atoms with Crippen LogP contribution in [0, 0.1) is 6.92 Å². The van der Waals surface area contributed by atoms with Gasteiger partial charge in [-0.3, -0.25) is 14.2 Å². The van der Waals surface area contributed by atoms with E-state index in [1.807, 2.05) is 38.2 Å². The lowest BCUT2D eigenvalue weighted by Crippen LogP contribution is -2.23. The van der Waals surface area contributed by atoms with Gasteiger partial charge < -0.3 is 4.74 Å². The summed E-state index contributed by atoms with van der Waals surface area (Å²) in [7, 11) is 5.19. The van der Waals surface area contributed by atoms with Gasteiger partial charge in [0.05, 0.1) is 36.1 Å². The average molecular weight is 400 g/mol. The third-order valence-electron chi connectivity index (χ3n) is 5.46. The molecular formula is C22H20N6O2. The van der Waals surface area contributed by atoms with Gasteiger partial charge in [0.2, 0.25) is 5.88 Å². The normalized spacial score (nSPS) is 11.5. The van der Waals surface area contributed by atoms with E-state index < -0.39 is 0 Å². The van der Waals surface area contributed by atoms with Gasteiger partial charge in [-0.2, -0.15) is 5.10 Å². The molecule has 4 heterocycles. The summed E-state index contributed by atoms with van der Waals surface area (Å²) in [5.74, 6) is 1.31. The van der Waals surface area contributed by atoms with E-state index >= 15 is 0 Å². The number of rotatable bonds is 3. The summed E-state index contributed by atoms with van der Waals surface area (Å²) in [6, 6.07) is 9.81. The van der Waals surface area contributed by atoms with E-state index in [2.05, 4.69) is 21.1 Å². The van der Waals surface area contributed by atoms with Crippen LogP contribution in [0.2, 0.25) is 0 Å². The Balaban J connectivity index is 1.86. The first kappa shape index (κ1) is 18.1. The zero-order chi connectivity index (χ0) is 21.0. The van der Waals surface area contributed by atoms with Crippen molar-refractivity contribution < 1.29 is 4.74 Å². The number of fused-ring (bicyclic) bond motifs is 3. The maximum atomic E-state index is 13.2. The molecule has 0 saturated carbocycles. The molecule has 0 unspecified atom stereocenters. The van der Waals surface area contributed by atoms with Gasteiger partial charge in [-0.25, -0.2) is 14.3 Å². The van der Waals surface area contributed by atoms with Crippen molar-refractivity contribution in [2.24, 2.45) is 14.1 Å². The number of aromatic nitrogens is 6. The highest BCUT2D eigenvalue weighted by molar-refractivity contribution is 6.04. The lowest BCUT2D eigenvalue weighted by molar-refractivity contribution is 0.398. The zero-order valence-corrected chi connectivity index (χ0v) is 17.1. The van der Waals surface area contributed by atoms with Gasteiger partial charge in [-0.1, -0.05) is 6.07 Å². The molecule has 5 aromatic rings. The predicted molar refractivity (Wildman–Crippen MR) is 115 cm³/mol. The number of benzene rings is 1. The van der Waals surface area contributed by atoms with Crippen LogP contribution in [0.15, 0.2) is 53.7 Å². The van der Waals surface area contributed by atoms with Crippen molar-refractivity contribution in [2.75, 3.05) is 7.11 Å². The summed E-state index contributed by atoms with van der Waals surface area (Å²) in [6.07, 6.45) is 5.28. The molecule has 5 rings (SSSR count). The number of ether oxygens (including phenoxy) is 1. The second kappa shape index (κ2) is 6.55. The van der Waals surface area contributed by atoms with Gasteiger partial charge in [-0.15, -0.1) is 0 Å². The molecular weight excluding hydrogens is 380 g/mol. The first-order valence-corrected chi connectivity index (χ1v) is 9.49. The molecule has 0 aliphatic rings. The Kier molecular flexibility index (Phi) is 3.95. The topological polar surface area (TPSA) is 79.8 Å². The van der Waals surface area contributed by atoms with Crippen molar-refractivity contribution >= 4 is 21.9 Å². The van der Waals surface area contributed by atoms with Crippen LogP contribution in [0.3, 0.4) is 0 Å². The van der Waals surface area contributed by atoms with Gasteiger partial charge in [0, 0.05) is 42.9 Å². The Morgan fingerprint density at radius 3 is 2.43 bits per heavy atom. The minimum Gasteiger partial charge on any atom is -0.481 e. The maximum absolute atomic E-state index is 13.2. The molecule has 0 spiro atoms. The molecule has 0 aliphatic carbocycles. The van der Waals surface area contributed by atoms with Crippen molar-refractivity contribution in [1.29, 1.82) is 0 Å². The maximum Gasteiger partial charge on any atom is 0.334 e. The molecule has 0 fully saturated rings. The molecule has 30 heavy (non-hydrogen) atoms. The number of nitrogens with zero attached hydrogens (tertiary/aromatic N) is 6. The zero-order valence-electron chi connectivity index (χ0n) is 17.1.